The Morgan fingerprint density at radius 1 is 1.00 bits per heavy atom. The van der Waals surface area contributed by atoms with Crippen LogP contribution in [0, 0.1) is 27.2 Å². The zero-order valence-corrected chi connectivity index (χ0v) is 15.6. The Morgan fingerprint density at radius 2 is 1.66 bits per heavy atom. The minimum absolute atomic E-state index is 0.000439. The van der Waals surface area contributed by atoms with Gasteiger partial charge in [0.15, 0.2) is 5.15 Å². The minimum atomic E-state index is -0.651. The van der Waals surface area contributed by atoms with Crippen molar-refractivity contribution < 1.29 is 14.6 Å². The number of nitro groups is 2. The molecule has 1 N–H and O–H groups in total. The molecule has 0 aliphatic rings. The molecule has 29 heavy (non-hydrogen) atoms. The van der Waals surface area contributed by atoms with Gasteiger partial charge in [0.2, 0.25) is 0 Å². The summed E-state index contributed by atoms with van der Waals surface area (Å²) in [6, 6.07) is 11.0. The van der Waals surface area contributed by atoms with Crippen molar-refractivity contribution >= 4 is 34.6 Å². The van der Waals surface area contributed by atoms with Crippen molar-refractivity contribution in [2.45, 2.75) is 6.92 Å². The van der Waals surface area contributed by atoms with Gasteiger partial charge in [-0.25, -0.2) is 0 Å². The van der Waals surface area contributed by atoms with Crippen LogP contribution in [0.2, 0.25) is 5.15 Å². The number of carbonyl (C=O) groups excluding carboxylic acids is 1. The van der Waals surface area contributed by atoms with Crippen LogP contribution in [0.3, 0.4) is 0 Å². The molecule has 0 radical (unpaired) electrons. The molecule has 0 bridgehead atoms. The standard InChI is InChI=1S/C18H12ClN5O5/c1-10-15(11-5-7-13(8-6-11)23(26)27)16(17(19)22-21-10)18(25)20-12-3-2-4-14(9-12)24(28)29/h2-9H,1H3,(H,20,25). The number of nitrogens with one attached hydrogen (secondary N) is 1. The summed E-state index contributed by atoms with van der Waals surface area (Å²) in [6.45, 7) is 1.62. The van der Waals surface area contributed by atoms with Crippen LogP contribution < -0.4 is 5.32 Å². The smallest absolute Gasteiger partial charge is 0.271 e. The third kappa shape index (κ3) is 4.17. The topological polar surface area (TPSA) is 141 Å². The molecule has 1 aromatic heterocycles. The fourth-order valence-corrected chi connectivity index (χ4v) is 2.92. The molecular formula is C18H12ClN5O5. The molecule has 11 heteroatoms. The van der Waals surface area contributed by atoms with Crippen molar-refractivity contribution in [1.82, 2.24) is 10.2 Å². The first-order valence-electron chi connectivity index (χ1n) is 8.11. The molecule has 0 saturated heterocycles. The summed E-state index contributed by atoms with van der Waals surface area (Å²) in [4.78, 5) is 33.6. The lowest BCUT2D eigenvalue weighted by atomic mass is 9.99. The van der Waals surface area contributed by atoms with Gasteiger partial charge < -0.3 is 5.32 Å². The van der Waals surface area contributed by atoms with Crippen molar-refractivity contribution in [3.8, 4) is 11.1 Å². The third-order valence-corrected chi connectivity index (χ3v) is 4.28. The molecule has 0 saturated carbocycles. The van der Waals surface area contributed by atoms with Gasteiger partial charge in [-0.2, -0.15) is 5.10 Å². The summed E-state index contributed by atoms with van der Waals surface area (Å²) in [5, 5.41) is 31.9. The highest BCUT2D eigenvalue weighted by Gasteiger charge is 2.22. The van der Waals surface area contributed by atoms with E-state index in [1.165, 1.54) is 48.5 Å². The number of anilines is 1. The second-order valence-electron chi connectivity index (χ2n) is 5.89. The number of hydrogen-bond donors (Lipinski definition) is 1. The lowest BCUT2D eigenvalue weighted by molar-refractivity contribution is -0.385. The van der Waals surface area contributed by atoms with Crippen LogP contribution in [-0.4, -0.2) is 26.0 Å². The van der Waals surface area contributed by atoms with E-state index in [1.807, 2.05) is 0 Å². The van der Waals surface area contributed by atoms with Gasteiger partial charge in [-0.05, 0) is 30.7 Å². The van der Waals surface area contributed by atoms with Crippen LogP contribution in [0.25, 0.3) is 11.1 Å². The van der Waals surface area contributed by atoms with Crippen LogP contribution >= 0.6 is 11.6 Å². The maximum absolute atomic E-state index is 12.9. The zero-order valence-electron chi connectivity index (χ0n) is 14.8. The quantitative estimate of drug-likeness (QED) is 0.488. The SMILES string of the molecule is Cc1nnc(Cl)c(C(=O)Nc2cccc([N+](=O)[O-])c2)c1-c1ccc([N+](=O)[O-])cc1. The van der Waals surface area contributed by atoms with E-state index in [0.717, 1.165) is 0 Å². The predicted octanol–water partition coefficient (Wildman–Crippen LogP) is 4.17. The summed E-state index contributed by atoms with van der Waals surface area (Å²) in [5.74, 6) is -0.651. The first kappa shape index (κ1) is 19.8. The first-order chi connectivity index (χ1) is 13.8. The number of rotatable bonds is 5. The lowest BCUT2D eigenvalue weighted by Crippen LogP contribution is -2.16. The Kier molecular flexibility index (Phi) is 5.46. The van der Waals surface area contributed by atoms with E-state index in [9.17, 15) is 25.0 Å². The number of amides is 1. The average molecular weight is 414 g/mol. The molecule has 0 unspecified atom stereocenters. The van der Waals surface area contributed by atoms with Gasteiger partial charge in [0, 0.05) is 35.5 Å². The highest BCUT2D eigenvalue weighted by Crippen LogP contribution is 2.32. The van der Waals surface area contributed by atoms with Gasteiger partial charge in [0.1, 0.15) is 0 Å². The van der Waals surface area contributed by atoms with Crippen LogP contribution in [0.15, 0.2) is 48.5 Å². The number of aryl methyl sites for hydroxylation is 1. The van der Waals surface area contributed by atoms with E-state index in [4.69, 9.17) is 11.6 Å². The van der Waals surface area contributed by atoms with E-state index in [1.54, 1.807) is 6.92 Å². The van der Waals surface area contributed by atoms with E-state index >= 15 is 0 Å². The molecule has 2 aromatic carbocycles. The van der Waals surface area contributed by atoms with Crippen LogP contribution in [-0.2, 0) is 0 Å². The maximum Gasteiger partial charge on any atom is 0.271 e. The van der Waals surface area contributed by atoms with E-state index in [2.05, 4.69) is 15.5 Å². The highest BCUT2D eigenvalue weighted by atomic mass is 35.5. The fourth-order valence-electron chi connectivity index (χ4n) is 2.70. The van der Waals surface area contributed by atoms with Gasteiger partial charge in [-0.3, -0.25) is 25.0 Å². The van der Waals surface area contributed by atoms with Crippen molar-refractivity contribution in [3.05, 3.63) is 85.2 Å². The Bertz CT molecular complexity index is 1130. The molecule has 3 rings (SSSR count). The van der Waals surface area contributed by atoms with Crippen LogP contribution in [0.5, 0.6) is 0 Å². The van der Waals surface area contributed by atoms with Crippen LogP contribution in [0.1, 0.15) is 16.1 Å². The minimum Gasteiger partial charge on any atom is -0.322 e. The second-order valence-corrected chi connectivity index (χ2v) is 6.25. The lowest BCUT2D eigenvalue weighted by Gasteiger charge is -2.13. The number of carbonyl (C=O) groups is 1. The molecule has 3 aromatic rings. The molecule has 10 nitrogen and oxygen atoms in total. The molecule has 0 fully saturated rings. The summed E-state index contributed by atoms with van der Waals surface area (Å²) in [5.41, 5.74) is 1.11. The van der Waals surface area contributed by atoms with Gasteiger partial charge in [-0.15, -0.1) is 5.10 Å². The molecule has 1 amide bonds. The number of non-ortho nitro benzene ring substituents is 2. The summed E-state index contributed by atoms with van der Waals surface area (Å²) in [7, 11) is 0. The third-order valence-electron chi connectivity index (χ3n) is 4.01. The van der Waals surface area contributed by atoms with E-state index < -0.39 is 15.8 Å². The van der Waals surface area contributed by atoms with Crippen molar-refractivity contribution in [2.75, 3.05) is 5.32 Å². The average Bonchev–Trinajstić information content (AvgIpc) is 2.69. The van der Waals surface area contributed by atoms with Gasteiger partial charge in [-0.1, -0.05) is 17.7 Å². The molecule has 0 atom stereocenters. The van der Waals surface area contributed by atoms with Crippen molar-refractivity contribution in [1.29, 1.82) is 0 Å². The number of benzene rings is 2. The Morgan fingerprint density at radius 3 is 2.28 bits per heavy atom. The zero-order chi connectivity index (χ0) is 21.1. The normalized spacial score (nSPS) is 10.4. The van der Waals surface area contributed by atoms with Crippen molar-refractivity contribution in [2.24, 2.45) is 0 Å². The highest BCUT2D eigenvalue weighted by molar-refractivity contribution is 6.34. The Hall–Kier alpha value is -3.92. The Labute approximate surface area is 168 Å². The molecule has 0 aliphatic heterocycles. The summed E-state index contributed by atoms with van der Waals surface area (Å²) < 4.78 is 0. The fraction of sp³-hybridized carbons (Fsp3) is 0.0556. The number of nitrogens with zero attached hydrogens (tertiary/aromatic N) is 4. The van der Waals surface area contributed by atoms with E-state index in [0.29, 0.717) is 16.8 Å². The number of hydrogen-bond acceptors (Lipinski definition) is 7. The first-order valence-corrected chi connectivity index (χ1v) is 8.49. The second kappa shape index (κ2) is 7.98. The van der Waals surface area contributed by atoms with E-state index in [-0.39, 0.29) is 27.8 Å². The van der Waals surface area contributed by atoms with Gasteiger partial charge >= 0.3 is 0 Å². The molecule has 0 spiro atoms. The van der Waals surface area contributed by atoms with Crippen molar-refractivity contribution in [3.63, 3.8) is 0 Å². The molecule has 1 heterocycles. The summed E-state index contributed by atoms with van der Waals surface area (Å²) in [6.07, 6.45) is 0. The monoisotopic (exact) mass is 413 g/mol. The largest absolute Gasteiger partial charge is 0.322 e. The summed E-state index contributed by atoms with van der Waals surface area (Å²) >= 11 is 6.12. The predicted molar refractivity (Wildman–Crippen MR) is 105 cm³/mol. The molecular weight excluding hydrogens is 402 g/mol. The molecule has 0 aliphatic carbocycles. The number of nitro benzene ring substituents is 2. The number of halogens is 1. The molecule has 146 valence electrons. The van der Waals surface area contributed by atoms with Gasteiger partial charge in [0.05, 0.1) is 21.1 Å². The Balaban J connectivity index is 2.04. The van der Waals surface area contributed by atoms with Gasteiger partial charge in [0.25, 0.3) is 17.3 Å². The maximum atomic E-state index is 12.9. The number of aromatic nitrogens is 2. The van der Waals surface area contributed by atoms with Crippen LogP contribution in [0.4, 0.5) is 17.1 Å².